The summed E-state index contributed by atoms with van der Waals surface area (Å²) in [5, 5.41) is 0. The molecule has 0 radical (unpaired) electrons. The van der Waals surface area contributed by atoms with Crippen LogP contribution in [-0.4, -0.2) is 12.3 Å². The Kier molecular flexibility index (Phi) is 4.30. The molecule has 0 saturated carbocycles. The lowest BCUT2D eigenvalue weighted by Crippen LogP contribution is -2.12. The maximum Gasteiger partial charge on any atom is 0.0184 e. The lowest BCUT2D eigenvalue weighted by Gasteiger charge is -2.08. The quantitative estimate of drug-likeness (QED) is 0.849. The van der Waals surface area contributed by atoms with Gasteiger partial charge < -0.3 is 5.73 Å². The lowest BCUT2D eigenvalue weighted by molar-refractivity contribution is 0.675. The topological polar surface area (TPSA) is 26.0 Å². The summed E-state index contributed by atoms with van der Waals surface area (Å²) in [6.45, 7) is 3.02. The van der Waals surface area contributed by atoms with E-state index < -0.39 is 0 Å². The number of fused-ring (bicyclic) bond motifs is 1. The molecule has 0 amide bonds. The van der Waals surface area contributed by atoms with Crippen molar-refractivity contribution in [3.8, 4) is 0 Å². The number of thioether (sulfide) groups is 1. The second-order valence-electron chi connectivity index (χ2n) is 4.81. The van der Waals surface area contributed by atoms with E-state index in [1.54, 1.807) is 11.1 Å². The van der Waals surface area contributed by atoms with Gasteiger partial charge in [0.25, 0.3) is 0 Å². The summed E-state index contributed by atoms with van der Waals surface area (Å²) in [5.41, 5.74) is 10.3. The van der Waals surface area contributed by atoms with Crippen LogP contribution in [0.25, 0.3) is 0 Å². The second kappa shape index (κ2) is 5.74. The first-order chi connectivity index (χ1) is 7.79. The predicted octanol–water partition coefficient (Wildman–Crippen LogP) is 3.00. The summed E-state index contributed by atoms with van der Waals surface area (Å²) in [6, 6.07) is 7.03. The van der Waals surface area contributed by atoms with Crippen LogP contribution in [0.2, 0.25) is 0 Å². The van der Waals surface area contributed by atoms with E-state index in [1.165, 1.54) is 30.6 Å². The highest BCUT2D eigenvalue weighted by Crippen LogP contribution is 2.24. The molecule has 0 spiro atoms. The van der Waals surface area contributed by atoms with Gasteiger partial charge in [-0.05, 0) is 54.2 Å². The van der Waals surface area contributed by atoms with E-state index >= 15 is 0 Å². The molecule has 1 aromatic rings. The molecule has 1 aliphatic rings. The minimum Gasteiger partial charge on any atom is -0.330 e. The summed E-state index contributed by atoms with van der Waals surface area (Å²) in [6.07, 6.45) is 3.91. The number of aryl methyl sites for hydroxylation is 2. The largest absolute Gasteiger partial charge is 0.330 e. The van der Waals surface area contributed by atoms with Gasteiger partial charge in [0.1, 0.15) is 0 Å². The molecule has 1 unspecified atom stereocenters. The second-order valence-corrected chi connectivity index (χ2v) is 5.84. The van der Waals surface area contributed by atoms with Crippen LogP contribution in [0.3, 0.4) is 0 Å². The molecule has 0 heterocycles. The van der Waals surface area contributed by atoms with Crippen LogP contribution in [0.15, 0.2) is 18.2 Å². The van der Waals surface area contributed by atoms with Crippen molar-refractivity contribution in [3.63, 3.8) is 0 Å². The Labute approximate surface area is 103 Å². The molecule has 1 aliphatic carbocycles. The van der Waals surface area contributed by atoms with Gasteiger partial charge in [-0.25, -0.2) is 0 Å². The summed E-state index contributed by atoms with van der Waals surface area (Å²) < 4.78 is 0. The molecule has 88 valence electrons. The average molecular weight is 235 g/mol. The smallest absolute Gasteiger partial charge is 0.0184 e. The van der Waals surface area contributed by atoms with Gasteiger partial charge >= 0.3 is 0 Å². The third kappa shape index (κ3) is 3.02. The number of nitrogens with two attached hydrogens (primary N) is 1. The minimum atomic E-state index is 0.638. The summed E-state index contributed by atoms with van der Waals surface area (Å²) in [5.74, 6) is 2.95. The Bertz CT molecular complexity index is 349. The number of benzene rings is 1. The highest BCUT2D eigenvalue weighted by atomic mass is 32.2. The van der Waals surface area contributed by atoms with Gasteiger partial charge in [-0.1, -0.05) is 25.1 Å². The van der Waals surface area contributed by atoms with Crippen molar-refractivity contribution in [2.75, 3.05) is 12.3 Å². The minimum absolute atomic E-state index is 0.638. The molecule has 1 aromatic carbocycles. The summed E-state index contributed by atoms with van der Waals surface area (Å²) in [7, 11) is 0. The maximum absolute atomic E-state index is 5.61. The van der Waals surface area contributed by atoms with Crippen LogP contribution in [0, 0.1) is 5.92 Å². The molecule has 0 fully saturated rings. The Morgan fingerprint density at radius 3 is 2.94 bits per heavy atom. The first kappa shape index (κ1) is 12.0. The van der Waals surface area contributed by atoms with E-state index in [0.29, 0.717) is 5.92 Å². The fourth-order valence-electron chi connectivity index (χ4n) is 2.16. The van der Waals surface area contributed by atoms with E-state index in [4.69, 9.17) is 5.73 Å². The summed E-state index contributed by atoms with van der Waals surface area (Å²) in [4.78, 5) is 0. The Hall–Kier alpha value is -0.470. The third-order valence-corrected chi connectivity index (χ3v) is 4.58. The highest BCUT2D eigenvalue weighted by Gasteiger charge is 2.10. The van der Waals surface area contributed by atoms with Crippen LogP contribution in [0.4, 0.5) is 0 Å². The first-order valence-electron chi connectivity index (χ1n) is 6.18. The molecule has 0 aliphatic heterocycles. The average Bonchev–Trinajstić information content (AvgIpc) is 2.76. The van der Waals surface area contributed by atoms with Gasteiger partial charge in [0, 0.05) is 5.75 Å². The number of rotatable bonds is 5. The van der Waals surface area contributed by atoms with Gasteiger partial charge in [0.05, 0.1) is 0 Å². The van der Waals surface area contributed by atoms with E-state index in [1.807, 2.05) is 11.8 Å². The van der Waals surface area contributed by atoms with Crippen molar-refractivity contribution in [1.82, 2.24) is 0 Å². The first-order valence-corrected chi connectivity index (χ1v) is 7.33. The highest BCUT2D eigenvalue weighted by molar-refractivity contribution is 7.98. The molecular formula is C14H21NS. The van der Waals surface area contributed by atoms with Crippen molar-refractivity contribution >= 4 is 11.8 Å². The Morgan fingerprint density at radius 2 is 2.12 bits per heavy atom. The van der Waals surface area contributed by atoms with Crippen molar-refractivity contribution in [3.05, 3.63) is 34.9 Å². The van der Waals surface area contributed by atoms with Crippen LogP contribution >= 0.6 is 11.8 Å². The fourth-order valence-corrected chi connectivity index (χ4v) is 3.23. The fraction of sp³-hybridized carbons (Fsp3) is 0.571. The standard InChI is InChI=1S/C14H21NS/c1-11(8-15)9-16-10-12-5-6-13-3-2-4-14(13)7-12/h5-7,11H,2-4,8-10,15H2,1H3. The van der Waals surface area contributed by atoms with Crippen molar-refractivity contribution in [2.24, 2.45) is 11.7 Å². The molecule has 0 saturated heterocycles. The SMILES string of the molecule is CC(CN)CSCc1ccc2c(c1)CCC2. The molecule has 2 heteroatoms. The molecule has 16 heavy (non-hydrogen) atoms. The lowest BCUT2D eigenvalue weighted by atomic mass is 10.1. The molecule has 1 atom stereocenters. The molecule has 1 nitrogen and oxygen atoms in total. The number of hydrogen-bond donors (Lipinski definition) is 1. The zero-order valence-corrected chi connectivity index (χ0v) is 10.9. The van der Waals surface area contributed by atoms with Crippen molar-refractivity contribution in [1.29, 1.82) is 0 Å². The van der Waals surface area contributed by atoms with Crippen LogP contribution in [0.5, 0.6) is 0 Å². The van der Waals surface area contributed by atoms with Gasteiger partial charge in [-0.3, -0.25) is 0 Å². The number of hydrogen-bond acceptors (Lipinski definition) is 2. The van der Waals surface area contributed by atoms with Gasteiger partial charge in [-0.2, -0.15) is 11.8 Å². The molecule has 0 bridgehead atoms. The third-order valence-electron chi connectivity index (χ3n) is 3.24. The zero-order chi connectivity index (χ0) is 11.4. The van der Waals surface area contributed by atoms with Gasteiger partial charge in [-0.15, -0.1) is 0 Å². The molecule has 2 rings (SSSR count). The normalized spacial score (nSPS) is 16.1. The maximum atomic E-state index is 5.61. The van der Waals surface area contributed by atoms with E-state index in [2.05, 4.69) is 25.1 Å². The van der Waals surface area contributed by atoms with Gasteiger partial charge in [0.15, 0.2) is 0 Å². The molecule has 2 N–H and O–H groups in total. The summed E-state index contributed by atoms with van der Waals surface area (Å²) >= 11 is 2.00. The predicted molar refractivity (Wildman–Crippen MR) is 72.8 cm³/mol. The molecule has 0 aromatic heterocycles. The Morgan fingerprint density at radius 1 is 1.31 bits per heavy atom. The van der Waals surface area contributed by atoms with E-state index in [9.17, 15) is 0 Å². The monoisotopic (exact) mass is 235 g/mol. The zero-order valence-electron chi connectivity index (χ0n) is 10.0. The van der Waals surface area contributed by atoms with Crippen LogP contribution < -0.4 is 5.73 Å². The van der Waals surface area contributed by atoms with Crippen molar-refractivity contribution in [2.45, 2.75) is 31.9 Å². The van der Waals surface area contributed by atoms with E-state index in [-0.39, 0.29) is 0 Å². The van der Waals surface area contributed by atoms with Crippen LogP contribution in [0.1, 0.15) is 30.0 Å². The van der Waals surface area contributed by atoms with Gasteiger partial charge in [0.2, 0.25) is 0 Å². The van der Waals surface area contributed by atoms with Crippen LogP contribution in [-0.2, 0) is 18.6 Å². The van der Waals surface area contributed by atoms with E-state index in [0.717, 1.165) is 12.3 Å². The molecular weight excluding hydrogens is 214 g/mol. The Balaban J connectivity index is 1.86. The van der Waals surface area contributed by atoms with Crippen molar-refractivity contribution < 1.29 is 0 Å².